The molecule has 3 nitrogen and oxygen atoms in total. The average Bonchev–Trinajstić information content (AvgIpc) is 3.08. The first-order valence-electron chi connectivity index (χ1n) is 9.08. The molecule has 0 spiro atoms. The Kier molecular flexibility index (Phi) is 10.8. The minimum atomic E-state index is -0.272. The van der Waals surface area contributed by atoms with E-state index in [0.29, 0.717) is 0 Å². The number of nitrogens with one attached hydrogen (secondary N) is 2. The summed E-state index contributed by atoms with van der Waals surface area (Å²) in [5.74, 6) is 0.0916. The first kappa shape index (κ1) is 23.5. The molecule has 0 bridgehead atoms. The van der Waals surface area contributed by atoms with E-state index in [9.17, 15) is 4.79 Å². The Bertz CT molecular complexity index is 795. The highest BCUT2D eigenvalue weighted by atomic mass is 16.1. The van der Waals surface area contributed by atoms with E-state index in [0.717, 1.165) is 22.2 Å². The van der Waals surface area contributed by atoms with E-state index < -0.39 is 0 Å². The van der Waals surface area contributed by atoms with E-state index in [-0.39, 0.29) is 20.2 Å². The largest absolute Gasteiger partial charge is 0.375 e. The molecule has 26 heavy (non-hydrogen) atoms. The van der Waals surface area contributed by atoms with Gasteiger partial charge in [-0.1, -0.05) is 58.0 Å². The number of rotatable bonds is 4. The number of aromatic amines is 1. The van der Waals surface area contributed by atoms with Crippen LogP contribution in [0.1, 0.15) is 50.5 Å². The Morgan fingerprint density at radius 1 is 1.00 bits per heavy atom. The molecular formula is C22H30BN2O. The fraction of sp³-hybridized carbons (Fsp3) is 0.318. The normalized spacial score (nSPS) is 10.4. The van der Waals surface area contributed by atoms with Gasteiger partial charge in [-0.15, -0.1) is 0 Å². The molecule has 1 heterocycles. The minimum absolute atomic E-state index is 0. The summed E-state index contributed by atoms with van der Waals surface area (Å²) >= 11 is 0. The van der Waals surface area contributed by atoms with Crippen LogP contribution in [0, 0.1) is 6.92 Å². The third kappa shape index (κ3) is 5.80. The monoisotopic (exact) mass is 349 g/mol. The number of carbonyl (C=O) groups excluding carboxylic acids is 1. The minimum Gasteiger partial charge on any atom is -0.375 e. The number of benzene rings is 2. The number of fused-ring (bicyclic) bond motifs is 1. The summed E-state index contributed by atoms with van der Waals surface area (Å²) < 4.78 is 0. The number of carbonyl (C=O) groups is 1. The molecule has 4 heteroatoms. The fourth-order valence-electron chi connectivity index (χ4n) is 2.56. The van der Waals surface area contributed by atoms with Crippen molar-refractivity contribution in [1.82, 2.24) is 4.98 Å². The van der Waals surface area contributed by atoms with Gasteiger partial charge in [-0.2, -0.15) is 0 Å². The van der Waals surface area contributed by atoms with Gasteiger partial charge in [0.2, 0.25) is 0 Å². The molecule has 1 unspecified atom stereocenters. The highest BCUT2D eigenvalue weighted by molar-refractivity contribution is 6.11. The van der Waals surface area contributed by atoms with Crippen LogP contribution in [0.3, 0.4) is 0 Å². The summed E-state index contributed by atoms with van der Waals surface area (Å²) in [6.07, 6.45) is 1.79. The van der Waals surface area contributed by atoms with Crippen LogP contribution >= 0.6 is 0 Å². The van der Waals surface area contributed by atoms with Crippen molar-refractivity contribution in [2.45, 2.75) is 47.6 Å². The van der Waals surface area contributed by atoms with Gasteiger partial charge in [-0.25, -0.2) is 0 Å². The highest BCUT2D eigenvalue weighted by Crippen LogP contribution is 2.20. The Labute approximate surface area is 159 Å². The van der Waals surface area contributed by atoms with Crippen LogP contribution in [0.4, 0.5) is 5.69 Å². The number of hydrogen-bond donors (Lipinski definition) is 2. The predicted molar refractivity (Wildman–Crippen MR) is 115 cm³/mol. The maximum Gasteiger partial charge on any atom is 0.186 e. The summed E-state index contributed by atoms with van der Waals surface area (Å²) in [6, 6.07) is 15.6. The molecule has 3 radical (unpaired) electrons. The van der Waals surface area contributed by atoms with Gasteiger partial charge < -0.3 is 10.3 Å². The Morgan fingerprint density at radius 2 is 1.65 bits per heavy atom. The molecule has 137 valence electrons. The zero-order valence-corrected chi connectivity index (χ0v) is 16.8. The van der Waals surface area contributed by atoms with Crippen LogP contribution in [-0.4, -0.2) is 25.2 Å². The van der Waals surface area contributed by atoms with Gasteiger partial charge in [0.05, 0.1) is 6.04 Å². The Balaban J connectivity index is 0.00000117. The molecule has 0 fully saturated rings. The Morgan fingerprint density at radius 3 is 2.31 bits per heavy atom. The van der Waals surface area contributed by atoms with Gasteiger partial charge in [-0.05, 0) is 37.6 Å². The van der Waals surface area contributed by atoms with Gasteiger partial charge in [0.15, 0.2) is 5.78 Å². The van der Waals surface area contributed by atoms with Crippen LogP contribution in [0.15, 0.2) is 54.7 Å². The van der Waals surface area contributed by atoms with Crippen molar-refractivity contribution in [2.24, 2.45) is 0 Å². The molecule has 0 amide bonds. The number of hydrogen-bond acceptors (Lipinski definition) is 2. The molecular weight excluding hydrogens is 319 g/mol. The lowest BCUT2D eigenvalue weighted by atomic mass is 10.0. The molecule has 2 aromatic carbocycles. The maximum absolute atomic E-state index is 12.6. The quantitative estimate of drug-likeness (QED) is 0.460. The maximum atomic E-state index is 12.6. The summed E-state index contributed by atoms with van der Waals surface area (Å²) in [7, 11) is 0. The lowest BCUT2D eigenvalue weighted by Gasteiger charge is -2.14. The summed E-state index contributed by atoms with van der Waals surface area (Å²) in [5.41, 5.74) is 3.87. The lowest BCUT2D eigenvalue weighted by Crippen LogP contribution is -2.26. The summed E-state index contributed by atoms with van der Waals surface area (Å²) in [4.78, 5) is 15.8. The van der Waals surface area contributed by atoms with Gasteiger partial charge in [0.1, 0.15) is 0 Å². The average molecular weight is 349 g/mol. The summed E-state index contributed by atoms with van der Waals surface area (Å²) in [5, 5.41) is 4.24. The number of H-pyrrole nitrogens is 1. The van der Waals surface area contributed by atoms with Crippen molar-refractivity contribution >= 4 is 30.8 Å². The third-order valence-corrected chi connectivity index (χ3v) is 3.65. The molecule has 3 rings (SSSR count). The standard InChI is InChI=1S/C18H18N2O.2C2H6.B/c1-12-6-5-7-14(10-12)20-13(2)18(21)16-11-19-17-9-4-3-8-15(16)17;2*1-2;/h3-11,13,19-20H,1-2H3;2*1-2H3;. The van der Waals surface area contributed by atoms with Crippen molar-refractivity contribution in [3.8, 4) is 0 Å². The van der Waals surface area contributed by atoms with Gasteiger partial charge >= 0.3 is 0 Å². The molecule has 3 aromatic rings. The molecule has 0 aliphatic rings. The van der Waals surface area contributed by atoms with Crippen LogP contribution in [0.25, 0.3) is 10.9 Å². The fourth-order valence-corrected chi connectivity index (χ4v) is 2.56. The van der Waals surface area contributed by atoms with Crippen LogP contribution in [0.5, 0.6) is 0 Å². The second kappa shape index (κ2) is 12.0. The number of aromatic nitrogens is 1. The van der Waals surface area contributed by atoms with Crippen molar-refractivity contribution in [3.63, 3.8) is 0 Å². The van der Waals surface area contributed by atoms with Crippen molar-refractivity contribution < 1.29 is 4.79 Å². The second-order valence-corrected chi connectivity index (χ2v) is 5.35. The van der Waals surface area contributed by atoms with Gasteiger partial charge in [0.25, 0.3) is 0 Å². The van der Waals surface area contributed by atoms with Crippen LogP contribution in [-0.2, 0) is 0 Å². The zero-order chi connectivity index (χ0) is 18.8. The van der Waals surface area contributed by atoms with E-state index in [1.54, 1.807) is 6.20 Å². The van der Waals surface area contributed by atoms with Crippen molar-refractivity contribution in [2.75, 3.05) is 5.32 Å². The van der Waals surface area contributed by atoms with E-state index in [1.165, 1.54) is 5.56 Å². The van der Waals surface area contributed by atoms with Crippen LogP contribution < -0.4 is 5.32 Å². The number of para-hydroxylation sites is 1. The smallest absolute Gasteiger partial charge is 0.186 e. The lowest BCUT2D eigenvalue weighted by molar-refractivity contribution is 0.0977. The third-order valence-electron chi connectivity index (χ3n) is 3.65. The van der Waals surface area contributed by atoms with Gasteiger partial charge in [-0.3, -0.25) is 4.79 Å². The molecule has 0 aliphatic heterocycles. The predicted octanol–water partition coefficient (Wildman–Crippen LogP) is 5.83. The highest BCUT2D eigenvalue weighted by Gasteiger charge is 2.18. The summed E-state index contributed by atoms with van der Waals surface area (Å²) in [6.45, 7) is 11.9. The number of aryl methyl sites for hydroxylation is 1. The SMILES string of the molecule is CC.CC.Cc1cccc(NC(C)C(=O)c2c[nH]c3ccccc23)c1.[B]. The molecule has 0 saturated carbocycles. The number of ketones is 1. The molecule has 1 atom stereocenters. The molecule has 0 aliphatic carbocycles. The molecule has 2 N–H and O–H groups in total. The number of anilines is 1. The van der Waals surface area contributed by atoms with E-state index >= 15 is 0 Å². The molecule has 1 aromatic heterocycles. The number of Topliss-reactive ketones (excluding diaryl/α,β-unsaturated/α-hetero) is 1. The van der Waals surface area contributed by atoms with Gasteiger partial charge in [0, 0.05) is 36.8 Å². The zero-order valence-electron chi connectivity index (χ0n) is 16.8. The Hall–Kier alpha value is -2.49. The van der Waals surface area contributed by atoms with Crippen molar-refractivity contribution in [1.29, 1.82) is 0 Å². The van der Waals surface area contributed by atoms with E-state index in [1.807, 2.05) is 90.1 Å². The van der Waals surface area contributed by atoms with E-state index in [4.69, 9.17) is 0 Å². The topological polar surface area (TPSA) is 44.9 Å². The van der Waals surface area contributed by atoms with Crippen LogP contribution in [0.2, 0.25) is 0 Å². The molecule has 0 saturated heterocycles. The first-order chi connectivity index (χ1) is 12.1. The van der Waals surface area contributed by atoms with E-state index in [2.05, 4.69) is 10.3 Å². The second-order valence-electron chi connectivity index (χ2n) is 5.35. The van der Waals surface area contributed by atoms with Crippen molar-refractivity contribution in [3.05, 3.63) is 65.9 Å². The first-order valence-corrected chi connectivity index (χ1v) is 9.08.